The van der Waals surface area contributed by atoms with Gasteiger partial charge in [0.25, 0.3) is 5.91 Å². The number of anilines is 1. The highest BCUT2D eigenvalue weighted by atomic mass is 35.5. The van der Waals surface area contributed by atoms with Crippen molar-refractivity contribution in [3.8, 4) is 17.6 Å². The molecule has 0 saturated heterocycles. The fraction of sp³-hybridized carbons (Fsp3) is 0.0833. The van der Waals surface area contributed by atoms with Crippen molar-refractivity contribution in [1.82, 2.24) is 0 Å². The van der Waals surface area contributed by atoms with Crippen molar-refractivity contribution >= 4 is 29.3 Å². The maximum Gasteiger partial charge on any atom is 0.266 e. The molecular weight excluding hydrogens is 400 g/mol. The summed E-state index contributed by atoms with van der Waals surface area (Å²) in [6.07, 6.45) is 1.53. The minimum absolute atomic E-state index is 0.000602. The van der Waals surface area contributed by atoms with Gasteiger partial charge in [-0.15, -0.1) is 0 Å². The first-order valence-electron chi connectivity index (χ1n) is 9.12. The van der Waals surface area contributed by atoms with Gasteiger partial charge in [-0.3, -0.25) is 4.79 Å². The molecule has 3 aromatic carbocycles. The van der Waals surface area contributed by atoms with Crippen LogP contribution in [0.3, 0.4) is 0 Å². The molecule has 1 amide bonds. The second kappa shape index (κ2) is 10.1. The molecule has 0 atom stereocenters. The zero-order chi connectivity index (χ0) is 21.3. The molecule has 0 spiro atoms. The summed E-state index contributed by atoms with van der Waals surface area (Å²) in [7, 11) is 1.57. The number of hydrogen-bond donors (Lipinski definition) is 1. The third-order valence-corrected chi connectivity index (χ3v) is 4.47. The Morgan fingerprint density at radius 2 is 1.63 bits per heavy atom. The summed E-state index contributed by atoms with van der Waals surface area (Å²) in [5.41, 5.74) is 2.30. The van der Waals surface area contributed by atoms with Crippen LogP contribution in [0.5, 0.6) is 11.5 Å². The molecule has 0 saturated carbocycles. The average Bonchev–Trinajstić information content (AvgIpc) is 2.78. The zero-order valence-electron chi connectivity index (χ0n) is 16.3. The average molecular weight is 419 g/mol. The van der Waals surface area contributed by atoms with Crippen molar-refractivity contribution < 1.29 is 14.3 Å². The molecule has 3 aromatic rings. The van der Waals surface area contributed by atoms with E-state index in [1.807, 2.05) is 30.3 Å². The number of rotatable bonds is 7. The third-order valence-electron chi connectivity index (χ3n) is 4.22. The predicted octanol–water partition coefficient (Wildman–Crippen LogP) is 5.47. The highest BCUT2D eigenvalue weighted by Gasteiger charge is 2.10. The summed E-state index contributed by atoms with van der Waals surface area (Å²) >= 11 is 5.88. The van der Waals surface area contributed by atoms with E-state index in [0.717, 1.165) is 11.1 Å². The number of amides is 1. The molecule has 5 nitrogen and oxygen atoms in total. The lowest BCUT2D eigenvalue weighted by atomic mass is 10.1. The highest BCUT2D eigenvalue weighted by molar-refractivity contribution is 6.30. The van der Waals surface area contributed by atoms with Crippen molar-refractivity contribution in [1.29, 1.82) is 5.26 Å². The molecule has 0 aliphatic heterocycles. The summed E-state index contributed by atoms with van der Waals surface area (Å²) in [6.45, 7) is 0.417. The van der Waals surface area contributed by atoms with E-state index in [1.54, 1.807) is 55.6 Å². The molecule has 0 radical (unpaired) electrons. The lowest BCUT2D eigenvalue weighted by molar-refractivity contribution is -0.112. The second-order valence-corrected chi connectivity index (χ2v) is 6.77. The van der Waals surface area contributed by atoms with Crippen LogP contribution in [0, 0.1) is 11.3 Å². The van der Waals surface area contributed by atoms with Crippen LogP contribution in [0.2, 0.25) is 5.02 Å². The fourth-order valence-electron chi connectivity index (χ4n) is 2.60. The van der Waals surface area contributed by atoms with E-state index in [2.05, 4.69) is 5.32 Å². The monoisotopic (exact) mass is 418 g/mol. The Bertz CT molecular complexity index is 1070. The summed E-state index contributed by atoms with van der Waals surface area (Å²) in [5.74, 6) is 0.886. The first-order chi connectivity index (χ1) is 14.6. The van der Waals surface area contributed by atoms with Gasteiger partial charge in [-0.1, -0.05) is 35.9 Å². The Labute approximate surface area is 180 Å². The number of carbonyl (C=O) groups is 1. The van der Waals surface area contributed by atoms with E-state index in [4.69, 9.17) is 21.1 Å². The summed E-state index contributed by atoms with van der Waals surface area (Å²) in [6, 6.07) is 23.4. The minimum atomic E-state index is -0.481. The maximum atomic E-state index is 12.4. The van der Waals surface area contributed by atoms with Gasteiger partial charge in [0, 0.05) is 10.7 Å². The summed E-state index contributed by atoms with van der Waals surface area (Å²) in [4.78, 5) is 12.4. The molecule has 0 aromatic heterocycles. The van der Waals surface area contributed by atoms with Gasteiger partial charge in [0.05, 0.1) is 7.11 Å². The van der Waals surface area contributed by atoms with Gasteiger partial charge < -0.3 is 14.8 Å². The molecular formula is C24H19ClN2O3. The number of nitriles is 1. The molecule has 30 heavy (non-hydrogen) atoms. The normalized spacial score (nSPS) is 10.8. The number of benzene rings is 3. The minimum Gasteiger partial charge on any atom is -0.497 e. The van der Waals surface area contributed by atoms with E-state index in [9.17, 15) is 10.1 Å². The van der Waals surface area contributed by atoms with E-state index >= 15 is 0 Å². The quantitative estimate of drug-likeness (QED) is 0.407. The van der Waals surface area contributed by atoms with Gasteiger partial charge in [-0.25, -0.2) is 0 Å². The number of ether oxygens (including phenoxy) is 2. The first-order valence-corrected chi connectivity index (χ1v) is 9.49. The van der Waals surface area contributed by atoms with Crippen molar-refractivity contribution in [2.24, 2.45) is 0 Å². The van der Waals surface area contributed by atoms with E-state index in [-0.39, 0.29) is 5.57 Å². The number of halogens is 1. The largest absolute Gasteiger partial charge is 0.497 e. The molecule has 6 heteroatoms. The summed E-state index contributed by atoms with van der Waals surface area (Å²) in [5, 5.41) is 12.7. The lowest BCUT2D eigenvalue weighted by Crippen LogP contribution is -2.13. The molecule has 0 aliphatic carbocycles. The number of nitrogens with zero attached hydrogens (tertiary/aromatic N) is 1. The number of carbonyl (C=O) groups excluding carboxylic acids is 1. The first kappa shape index (κ1) is 21.0. The van der Waals surface area contributed by atoms with Gasteiger partial charge in [-0.2, -0.15) is 5.26 Å². The Balaban J connectivity index is 1.62. The lowest BCUT2D eigenvalue weighted by Gasteiger charge is -2.07. The number of nitrogens with one attached hydrogen (secondary N) is 1. The van der Waals surface area contributed by atoms with Gasteiger partial charge in [0.2, 0.25) is 0 Å². The van der Waals surface area contributed by atoms with Gasteiger partial charge in [-0.05, 0) is 65.7 Å². The Morgan fingerprint density at radius 1 is 1.00 bits per heavy atom. The van der Waals surface area contributed by atoms with E-state index < -0.39 is 5.91 Å². The van der Waals surface area contributed by atoms with Crippen LogP contribution in [0.4, 0.5) is 5.69 Å². The van der Waals surface area contributed by atoms with E-state index in [1.165, 1.54) is 6.08 Å². The summed E-state index contributed by atoms with van der Waals surface area (Å²) < 4.78 is 10.8. The molecule has 150 valence electrons. The fourth-order valence-corrected chi connectivity index (χ4v) is 2.72. The van der Waals surface area contributed by atoms with Crippen LogP contribution in [0.25, 0.3) is 6.08 Å². The second-order valence-electron chi connectivity index (χ2n) is 6.34. The predicted molar refractivity (Wildman–Crippen MR) is 117 cm³/mol. The maximum absolute atomic E-state index is 12.4. The standard InChI is InChI=1S/C24H19ClN2O3/c1-29-22-12-8-21(9-13-22)27-24(28)19(15-26)14-17-4-10-23(11-5-17)30-16-18-2-6-20(25)7-3-18/h2-14H,16H2,1H3,(H,27,28)/b19-14+. The van der Waals surface area contributed by atoms with Gasteiger partial charge in [0.15, 0.2) is 0 Å². The van der Waals surface area contributed by atoms with Crippen molar-refractivity contribution in [3.63, 3.8) is 0 Å². The Hall–Kier alpha value is -3.75. The Morgan fingerprint density at radius 3 is 2.23 bits per heavy atom. The van der Waals surface area contributed by atoms with Crippen LogP contribution < -0.4 is 14.8 Å². The Kier molecular flexibility index (Phi) is 7.09. The molecule has 0 bridgehead atoms. The van der Waals surface area contributed by atoms with Crippen LogP contribution >= 0.6 is 11.6 Å². The SMILES string of the molecule is COc1ccc(NC(=O)/C(C#N)=C/c2ccc(OCc3ccc(Cl)cc3)cc2)cc1. The van der Waals surface area contributed by atoms with Crippen molar-refractivity contribution in [2.45, 2.75) is 6.61 Å². The number of methoxy groups -OCH3 is 1. The van der Waals surface area contributed by atoms with E-state index in [0.29, 0.717) is 28.8 Å². The van der Waals surface area contributed by atoms with Crippen LogP contribution in [0.15, 0.2) is 78.4 Å². The van der Waals surface area contributed by atoms with Gasteiger partial charge in [0.1, 0.15) is 29.7 Å². The van der Waals surface area contributed by atoms with Crippen LogP contribution in [-0.2, 0) is 11.4 Å². The third kappa shape index (κ3) is 5.87. The molecule has 0 heterocycles. The molecule has 1 N–H and O–H groups in total. The molecule has 3 rings (SSSR count). The van der Waals surface area contributed by atoms with Crippen LogP contribution in [-0.4, -0.2) is 13.0 Å². The topological polar surface area (TPSA) is 71.3 Å². The smallest absolute Gasteiger partial charge is 0.266 e. The zero-order valence-corrected chi connectivity index (χ0v) is 17.0. The van der Waals surface area contributed by atoms with Crippen molar-refractivity contribution in [2.75, 3.05) is 12.4 Å². The van der Waals surface area contributed by atoms with Crippen molar-refractivity contribution in [3.05, 3.63) is 94.5 Å². The molecule has 0 unspecified atom stereocenters. The number of hydrogen-bond acceptors (Lipinski definition) is 4. The van der Waals surface area contributed by atoms with Gasteiger partial charge >= 0.3 is 0 Å². The molecule has 0 aliphatic rings. The van der Waals surface area contributed by atoms with Crippen LogP contribution in [0.1, 0.15) is 11.1 Å². The highest BCUT2D eigenvalue weighted by Crippen LogP contribution is 2.19. The molecule has 0 fully saturated rings.